The number of anilines is 2. The van der Waals surface area contributed by atoms with Gasteiger partial charge in [0, 0.05) is 24.7 Å². The van der Waals surface area contributed by atoms with Crippen molar-refractivity contribution in [2.24, 2.45) is 0 Å². The van der Waals surface area contributed by atoms with Crippen molar-refractivity contribution in [1.29, 1.82) is 0 Å². The number of methoxy groups -OCH3 is 1. The number of hydrogen-bond donors (Lipinski definition) is 2. The first-order valence-corrected chi connectivity index (χ1v) is 8.74. The molecule has 29 heavy (non-hydrogen) atoms. The molecule has 152 valence electrons. The molecule has 0 aliphatic carbocycles. The van der Waals surface area contributed by atoms with Gasteiger partial charge in [0.25, 0.3) is 11.6 Å². The van der Waals surface area contributed by atoms with Gasteiger partial charge in [-0.3, -0.25) is 14.9 Å². The second-order valence-corrected chi connectivity index (χ2v) is 6.23. The summed E-state index contributed by atoms with van der Waals surface area (Å²) in [5.41, 5.74) is 0.412. The van der Waals surface area contributed by atoms with Gasteiger partial charge in [0.15, 0.2) is 0 Å². The van der Waals surface area contributed by atoms with Gasteiger partial charge < -0.3 is 24.8 Å². The Balaban J connectivity index is 1.90. The van der Waals surface area contributed by atoms with Crippen LogP contribution in [0.25, 0.3) is 0 Å². The zero-order chi connectivity index (χ0) is 21.0. The summed E-state index contributed by atoms with van der Waals surface area (Å²) in [5, 5.41) is 23.2. The van der Waals surface area contributed by atoms with Gasteiger partial charge >= 0.3 is 5.97 Å². The van der Waals surface area contributed by atoms with Gasteiger partial charge in [-0.2, -0.15) is 0 Å². The van der Waals surface area contributed by atoms with E-state index in [1.54, 1.807) is 0 Å². The first kappa shape index (κ1) is 20.1. The first-order valence-electron chi connectivity index (χ1n) is 8.74. The van der Waals surface area contributed by atoms with Crippen LogP contribution in [0.15, 0.2) is 36.4 Å². The summed E-state index contributed by atoms with van der Waals surface area (Å²) < 4.78 is 10.4. The smallest absolute Gasteiger partial charge is 0.335 e. The van der Waals surface area contributed by atoms with E-state index in [1.165, 1.54) is 43.5 Å². The van der Waals surface area contributed by atoms with Crippen molar-refractivity contribution in [3.8, 4) is 5.75 Å². The Hall–Kier alpha value is -3.66. The number of nitro benzene ring substituents is 1. The summed E-state index contributed by atoms with van der Waals surface area (Å²) in [4.78, 5) is 36.7. The molecule has 1 saturated heterocycles. The van der Waals surface area contributed by atoms with Crippen LogP contribution in [-0.2, 0) is 4.74 Å². The summed E-state index contributed by atoms with van der Waals surface area (Å²) in [6.45, 7) is 1.98. The largest absolute Gasteiger partial charge is 0.495 e. The number of benzene rings is 2. The minimum Gasteiger partial charge on any atom is -0.495 e. The number of carbonyl (C=O) groups is 2. The Bertz CT molecular complexity index is 955. The number of nitrogens with one attached hydrogen (secondary N) is 1. The van der Waals surface area contributed by atoms with Crippen LogP contribution in [0.2, 0.25) is 0 Å². The van der Waals surface area contributed by atoms with E-state index in [0.717, 1.165) is 0 Å². The van der Waals surface area contributed by atoms with E-state index in [4.69, 9.17) is 14.6 Å². The van der Waals surface area contributed by atoms with Crippen molar-refractivity contribution < 1.29 is 29.1 Å². The molecule has 1 heterocycles. The molecule has 10 nitrogen and oxygen atoms in total. The summed E-state index contributed by atoms with van der Waals surface area (Å²) in [7, 11) is 1.38. The van der Waals surface area contributed by atoms with Crippen LogP contribution in [0.3, 0.4) is 0 Å². The molecule has 10 heteroatoms. The van der Waals surface area contributed by atoms with Gasteiger partial charge in [-0.25, -0.2) is 4.79 Å². The summed E-state index contributed by atoms with van der Waals surface area (Å²) in [5.74, 6) is -1.51. The van der Waals surface area contributed by atoms with Gasteiger partial charge in [-0.15, -0.1) is 0 Å². The van der Waals surface area contributed by atoms with E-state index in [-0.39, 0.29) is 28.3 Å². The van der Waals surface area contributed by atoms with Crippen LogP contribution in [0, 0.1) is 10.1 Å². The third-order valence-electron chi connectivity index (χ3n) is 4.48. The molecule has 0 saturated carbocycles. The molecule has 1 fully saturated rings. The molecule has 0 bridgehead atoms. The highest BCUT2D eigenvalue weighted by Crippen LogP contribution is 2.31. The number of amides is 1. The number of nitrogens with zero attached hydrogens (tertiary/aromatic N) is 2. The van der Waals surface area contributed by atoms with Gasteiger partial charge in [0.2, 0.25) is 0 Å². The van der Waals surface area contributed by atoms with E-state index < -0.39 is 16.8 Å². The van der Waals surface area contributed by atoms with Gasteiger partial charge in [-0.1, -0.05) is 0 Å². The average Bonchev–Trinajstić information content (AvgIpc) is 2.73. The van der Waals surface area contributed by atoms with Crippen LogP contribution in [0.4, 0.5) is 17.1 Å². The van der Waals surface area contributed by atoms with Gasteiger partial charge in [-0.05, 0) is 30.3 Å². The molecule has 2 aromatic rings. The second-order valence-electron chi connectivity index (χ2n) is 6.23. The molecule has 1 amide bonds. The van der Waals surface area contributed by atoms with E-state index in [2.05, 4.69) is 5.32 Å². The number of aromatic carboxylic acids is 1. The first-order chi connectivity index (χ1) is 13.9. The third kappa shape index (κ3) is 4.43. The maximum atomic E-state index is 12.7. The molecular formula is C19H19N3O7. The molecular weight excluding hydrogens is 382 g/mol. The summed E-state index contributed by atoms with van der Waals surface area (Å²) >= 11 is 0. The van der Waals surface area contributed by atoms with E-state index in [0.29, 0.717) is 32.0 Å². The molecule has 2 N–H and O–H groups in total. The number of morpholine rings is 1. The van der Waals surface area contributed by atoms with Crippen LogP contribution in [0.1, 0.15) is 20.7 Å². The maximum Gasteiger partial charge on any atom is 0.335 e. The van der Waals surface area contributed by atoms with Crippen molar-refractivity contribution in [2.75, 3.05) is 43.6 Å². The molecule has 2 aromatic carbocycles. The van der Waals surface area contributed by atoms with Crippen molar-refractivity contribution in [3.63, 3.8) is 0 Å². The monoisotopic (exact) mass is 401 g/mol. The van der Waals surface area contributed by atoms with Crippen LogP contribution in [-0.4, -0.2) is 55.3 Å². The van der Waals surface area contributed by atoms with Crippen molar-refractivity contribution in [1.82, 2.24) is 0 Å². The molecule has 1 aliphatic heterocycles. The molecule has 0 aromatic heterocycles. The van der Waals surface area contributed by atoms with Gasteiger partial charge in [0.1, 0.15) is 11.4 Å². The van der Waals surface area contributed by atoms with Crippen molar-refractivity contribution >= 4 is 28.9 Å². The molecule has 0 unspecified atom stereocenters. The number of carboxylic acid groups (broad SMARTS) is 1. The van der Waals surface area contributed by atoms with Crippen LogP contribution >= 0.6 is 0 Å². The fraction of sp³-hybridized carbons (Fsp3) is 0.263. The Kier molecular flexibility index (Phi) is 5.93. The topological polar surface area (TPSA) is 131 Å². The normalized spacial score (nSPS) is 13.6. The number of ether oxygens (including phenoxy) is 2. The highest BCUT2D eigenvalue weighted by atomic mass is 16.6. The van der Waals surface area contributed by atoms with Gasteiger partial charge in [0.05, 0.1) is 36.5 Å². The minimum absolute atomic E-state index is 0.0326. The standard InChI is InChI=1S/C19H19N3O7/c1-28-17-5-3-13(19(24)25)10-14(17)20-18(23)12-2-4-15(16(11-12)22(26)27)21-6-8-29-9-7-21/h2-5,10-11H,6-9H2,1H3,(H,20,23)(H,24,25). The zero-order valence-corrected chi connectivity index (χ0v) is 15.6. The lowest BCUT2D eigenvalue weighted by molar-refractivity contribution is -0.384. The molecule has 1 aliphatic rings. The molecule has 0 atom stereocenters. The predicted molar refractivity (Wildman–Crippen MR) is 104 cm³/mol. The second kappa shape index (κ2) is 8.57. The summed E-state index contributed by atoms with van der Waals surface area (Å²) in [6, 6.07) is 8.25. The number of carbonyl (C=O) groups excluding carboxylic acids is 1. The molecule has 3 rings (SSSR count). The van der Waals surface area contributed by atoms with E-state index in [1.807, 2.05) is 4.90 Å². The molecule has 0 radical (unpaired) electrons. The zero-order valence-electron chi connectivity index (χ0n) is 15.6. The lowest BCUT2D eigenvalue weighted by Gasteiger charge is -2.28. The highest BCUT2D eigenvalue weighted by molar-refractivity contribution is 6.06. The van der Waals surface area contributed by atoms with Crippen LogP contribution in [0.5, 0.6) is 5.75 Å². The highest BCUT2D eigenvalue weighted by Gasteiger charge is 2.24. The average molecular weight is 401 g/mol. The number of carboxylic acids is 1. The minimum atomic E-state index is -1.16. The van der Waals surface area contributed by atoms with E-state index in [9.17, 15) is 19.7 Å². The lowest BCUT2D eigenvalue weighted by Crippen LogP contribution is -2.36. The Morgan fingerprint density at radius 1 is 1.17 bits per heavy atom. The maximum absolute atomic E-state index is 12.7. The fourth-order valence-corrected chi connectivity index (χ4v) is 3.02. The van der Waals surface area contributed by atoms with Crippen molar-refractivity contribution in [3.05, 3.63) is 57.6 Å². The Labute approximate surface area is 165 Å². The van der Waals surface area contributed by atoms with E-state index >= 15 is 0 Å². The Morgan fingerprint density at radius 3 is 2.48 bits per heavy atom. The number of nitro groups is 1. The quantitative estimate of drug-likeness (QED) is 0.557. The Morgan fingerprint density at radius 2 is 1.86 bits per heavy atom. The number of rotatable bonds is 6. The lowest BCUT2D eigenvalue weighted by atomic mass is 10.1. The predicted octanol–water partition coefficient (Wildman–Crippen LogP) is 2.39. The van der Waals surface area contributed by atoms with Crippen molar-refractivity contribution in [2.45, 2.75) is 0 Å². The summed E-state index contributed by atoms with van der Waals surface area (Å²) in [6.07, 6.45) is 0. The number of hydrogen-bond acceptors (Lipinski definition) is 7. The SMILES string of the molecule is COc1ccc(C(=O)O)cc1NC(=O)c1ccc(N2CCOCC2)c([N+](=O)[O-])c1. The molecule has 0 spiro atoms. The fourth-order valence-electron chi connectivity index (χ4n) is 3.02. The van der Waals surface area contributed by atoms with Crippen LogP contribution < -0.4 is 15.0 Å². The third-order valence-corrected chi connectivity index (χ3v) is 4.48.